The Bertz CT molecular complexity index is 587. The summed E-state index contributed by atoms with van der Waals surface area (Å²) in [5.74, 6) is 0.122. The third-order valence-electron chi connectivity index (χ3n) is 3.44. The van der Waals surface area contributed by atoms with Gasteiger partial charge in [0.05, 0.1) is 12.7 Å². The first-order valence-corrected chi connectivity index (χ1v) is 6.78. The average Bonchev–Trinajstić information content (AvgIpc) is 2.90. The molecule has 1 N–H and O–H groups in total. The Morgan fingerprint density at radius 2 is 2.19 bits per heavy atom. The van der Waals surface area contributed by atoms with E-state index in [-0.39, 0.29) is 18.3 Å². The lowest BCUT2D eigenvalue weighted by Crippen LogP contribution is -2.35. The number of anilines is 1. The molecule has 0 unspecified atom stereocenters. The van der Waals surface area contributed by atoms with E-state index in [0.29, 0.717) is 19.5 Å². The van der Waals surface area contributed by atoms with Crippen molar-refractivity contribution in [2.24, 2.45) is 0 Å². The van der Waals surface area contributed by atoms with Gasteiger partial charge in [-0.1, -0.05) is 23.4 Å². The summed E-state index contributed by atoms with van der Waals surface area (Å²) in [5.41, 5.74) is 2.18. The second-order valence-electron chi connectivity index (χ2n) is 4.77. The van der Waals surface area contributed by atoms with Crippen molar-refractivity contribution in [1.82, 2.24) is 20.3 Å². The van der Waals surface area contributed by atoms with Crippen molar-refractivity contribution in [3.63, 3.8) is 0 Å². The fourth-order valence-corrected chi connectivity index (χ4v) is 2.41. The molecular weight excluding hydrogens is 290 g/mol. The van der Waals surface area contributed by atoms with Crippen LogP contribution in [0.25, 0.3) is 0 Å². The van der Waals surface area contributed by atoms with Gasteiger partial charge in [0.25, 0.3) is 0 Å². The second kappa shape index (κ2) is 7.19. The highest BCUT2D eigenvalue weighted by atomic mass is 35.5. The fourth-order valence-electron chi connectivity index (χ4n) is 2.41. The molecule has 7 heteroatoms. The minimum Gasteiger partial charge on any atom is -0.311 e. The highest BCUT2D eigenvalue weighted by molar-refractivity contribution is 5.94. The van der Waals surface area contributed by atoms with Crippen LogP contribution in [0.3, 0.4) is 0 Å². The Hall–Kier alpha value is -1.92. The van der Waals surface area contributed by atoms with Crippen molar-refractivity contribution < 1.29 is 4.79 Å². The average molecular weight is 308 g/mol. The Kier molecular flexibility index (Phi) is 5.30. The van der Waals surface area contributed by atoms with Crippen LogP contribution >= 0.6 is 12.4 Å². The van der Waals surface area contributed by atoms with Gasteiger partial charge in [-0.15, -0.1) is 17.5 Å². The predicted molar refractivity (Wildman–Crippen MR) is 82.4 cm³/mol. The van der Waals surface area contributed by atoms with E-state index < -0.39 is 0 Å². The molecule has 0 bridgehead atoms. The predicted octanol–water partition coefficient (Wildman–Crippen LogP) is 1.23. The van der Waals surface area contributed by atoms with Gasteiger partial charge < -0.3 is 10.2 Å². The summed E-state index contributed by atoms with van der Waals surface area (Å²) in [6.45, 7) is 2.88. The molecule has 0 fully saturated rings. The number of carbonyl (C=O) groups is 1. The molecule has 2 aromatic rings. The van der Waals surface area contributed by atoms with E-state index in [1.807, 2.05) is 23.1 Å². The molecule has 1 aliphatic rings. The zero-order valence-corrected chi connectivity index (χ0v) is 12.4. The number of aromatic nitrogens is 3. The maximum atomic E-state index is 12.4. The number of para-hydroxylation sites is 1. The van der Waals surface area contributed by atoms with E-state index in [4.69, 9.17) is 0 Å². The van der Waals surface area contributed by atoms with Crippen molar-refractivity contribution in [2.75, 3.05) is 18.0 Å². The number of rotatable bonds is 3. The minimum atomic E-state index is 0. The summed E-state index contributed by atoms with van der Waals surface area (Å²) >= 11 is 0. The number of nitrogens with one attached hydrogen (secondary N) is 1. The molecule has 0 spiro atoms. The molecule has 1 aromatic heterocycles. The Morgan fingerprint density at radius 1 is 1.33 bits per heavy atom. The molecule has 0 radical (unpaired) electrons. The van der Waals surface area contributed by atoms with Crippen LogP contribution in [0.5, 0.6) is 0 Å². The van der Waals surface area contributed by atoms with Crippen molar-refractivity contribution in [3.8, 4) is 0 Å². The van der Waals surface area contributed by atoms with E-state index in [2.05, 4.69) is 21.7 Å². The number of benzene rings is 1. The van der Waals surface area contributed by atoms with E-state index in [9.17, 15) is 4.79 Å². The maximum absolute atomic E-state index is 12.4. The Morgan fingerprint density at radius 3 is 3.00 bits per heavy atom. The van der Waals surface area contributed by atoms with Crippen LogP contribution in [0.4, 0.5) is 5.69 Å². The normalized spacial score (nSPS) is 14.0. The molecular formula is C14H18ClN5O. The Balaban J connectivity index is 0.00000161. The van der Waals surface area contributed by atoms with Crippen LogP contribution in [0.15, 0.2) is 36.7 Å². The number of carbonyl (C=O) groups excluding carboxylic acids is 1. The topological polar surface area (TPSA) is 63.1 Å². The van der Waals surface area contributed by atoms with Crippen LogP contribution in [-0.2, 0) is 17.9 Å². The lowest BCUT2D eigenvalue weighted by molar-refractivity contribution is -0.118. The zero-order valence-electron chi connectivity index (χ0n) is 11.6. The van der Waals surface area contributed by atoms with Crippen LogP contribution in [0.1, 0.15) is 12.0 Å². The maximum Gasteiger partial charge on any atom is 0.228 e. The van der Waals surface area contributed by atoms with Gasteiger partial charge in [-0.25, -0.2) is 0 Å². The van der Waals surface area contributed by atoms with Crippen LogP contribution < -0.4 is 10.2 Å². The summed E-state index contributed by atoms with van der Waals surface area (Å²) in [5, 5.41) is 11.0. The molecule has 0 saturated carbocycles. The van der Waals surface area contributed by atoms with Crippen molar-refractivity contribution in [2.45, 2.75) is 19.5 Å². The molecule has 112 valence electrons. The lowest BCUT2D eigenvalue weighted by Gasteiger charge is -2.22. The van der Waals surface area contributed by atoms with Gasteiger partial charge in [0.15, 0.2) is 0 Å². The molecule has 1 amide bonds. The molecule has 6 nitrogen and oxygen atoms in total. The number of hydrogen-bond acceptors (Lipinski definition) is 4. The van der Waals surface area contributed by atoms with E-state index in [1.54, 1.807) is 17.1 Å². The van der Waals surface area contributed by atoms with E-state index in [1.165, 1.54) is 5.56 Å². The zero-order chi connectivity index (χ0) is 13.8. The first-order chi connectivity index (χ1) is 9.84. The third-order valence-corrected chi connectivity index (χ3v) is 3.44. The first kappa shape index (κ1) is 15.5. The number of fused-ring (bicyclic) bond motifs is 1. The highest BCUT2D eigenvalue weighted by Crippen LogP contribution is 2.22. The summed E-state index contributed by atoms with van der Waals surface area (Å²) in [6, 6.07) is 8.05. The number of aryl methyl sites for hydroxylation is 1. The van der Waals surface area contributed by atoms with Crippen LogP contribution in [0.2, 0.25) is 0 Å². The van der Waals surface area contributed by atoms with E-state index >= 15 is 0 Å². The van der Waals surface area contributed by atoms with Crippen molar-refractivity contribution >= 4 is 24.0 Å². The van der Waals surface area contributed by atoms with E-state index in [0.717, 1.165) is 18.8 Å². The Labute approximate surface area is 129 Å². The van der Waals surface area contributed by atoms with Crippen molar-refractivity contribution in [3.05, 3.63) is 42.2 Å². The largest absolute Gasteiger partial charge is 0.311 e. The first-order valence-electron chi connectivity index (χ1n) is 6.78. The van der Waals surface area contributed by atoms with Gasteiger partial charge in [0.1, 0.15) is 0 Å². The van der Waals surface area contributed by atoms with Gasteiger partial charge >= 0.3 is 0 Å². The smallest absolute Gasteiger partial charge is 0.228 e. The van der Waals surface area contributed by atoms with Crippen LogP contribution in [0, 0.1) is 0 Å². The van der Waals surface area contributed by atoms with Gasteiger partial charge in [-0.3, -0.25) is 9.48 Å². The lowest BCUT2D eigenvalue weighted by atomic mass is 10.1. The molecule has 2 heterocycles. The molecule has 0 saturated heterocycles. The number of hydrogen-bond donors (Lipinski definition) is 1. The number of nitrogens with zero attached hydrogens (tertiary/aromatic N) is 4. The standard InChI is InChI=1S/C14H17N5O.ClH/c20-14(5-8-18-9-7-16-17-18)19-10-6-15-11-12-3-1-2-4-13(12)19;/h1-4,7,9,15H,5-6,8,10-11H2;1H. The molecule has 1 aliphatic heterocycles. The summed E-state index contributed by atoms with van der Waals surface area (Å²) in [4.78, 5) is 14.3. The molecule has 0 atom stereocenters. The number of halogens is 1. The molecule has 1 aromatic carbocycles. The van der Waals surface area contributed by atoms with Crippen molar-refractivity contribution in [1.29, 1.82) is 0 Å². The third kappa shape index (κ3) is 3.59. The minimum absolute atomic E-state index is 0. The summed E-state index contributed by atoms with van der Waals surface area (Å²) < 4.78 is 1.68. The molecule has 3 rings (SSSR count). The highest BCUT2D eigenvalue weighted by Gasteiger charge is 2.20. The quantitative estimate of drug-likeness (QED) is 0.926. The van der Waals surface area contributed by atoms with Crippen LogP contribution in [-0.4, -0.2) is 34.0 Å². The number of amides is 1. The molecule has 0 aliphatic carbocycles. The monoisotopic (exact) mass is 307 g/mol. The SMILES string of the molecule is Cl.O=C(CCn1ccnn1)N1CCNCc2ccccc21. The molecule has 21 heavy (non-hydrogen) atoms. The van der Waals surface area contributed by atoms with Gasteiger partial charge in [0, 0.05) is 37.9 Å². The summed E-state index contributed by atoms with van der Waals surface area (Å²) in [7, 11) is 0. The van der Waals surface area contributed by atoms with Gasteiger partial charge in [-0.2, -0.15) is 0 Å². The summed E-state index contributed by atoms with van der Waals surface area (Å²) in [6.07, 6.45) is 3.82. The second-order valence-corrected chi connectivity index (χ2v) is 4.77. The van der Waals surface area contributed by atoms with Gasteiger partial charge in [0.2, 0.25) is 5.91 Å². The fraction of sp³-hybridized carbons (Fsp3) is 0.357. The van der Waals surface area contributed by atoms with Gasteiger partial charge in [-0.05, 0) is 11.6 Å².